The maximum Gasteiger partial charge on any atom is 0.326 e. The smallest absolute Gasteiger partial charge is 0.326 e. The number of fused-ring (bicyclic) bond motifs is 2. The van der Waals surface area contributed by atoms with Gasteiger partial charge in [0, 0.05) is 6.42 Å². The molecule has 6 heteroatoms. The van der Waals surface area contributed by atoms with Crippen LogP contribution in [0.4, 0.5) is 0 Å². The van der Waals surface area contributed by atoms with Gasteiger partial charge in [-0.3, -0.25) is 9.59 Å². The monoisotopic (exact) mass is 365 g/mol. The summed E-state index contributed by atoms with van der Waals surface area (Å²) < 4.78 is 4.54. The van der Waals surface area contributed by atoms with Crippen LogP contribution in [0.5, 0.6) is 0 Å². The molecule has 27 heavy (non-hydrogen) atoms. The number of carboxylic acids is 1. The lowest BCUT2D eigenvalue weighted by atomic mass is 9.96. The minimum Gasteiger partial charge on any atom is -0.480 e. The molecule has 0 aliphatic rings. The van der Waals surface area contributed by atoms with Crippen molar-refractivity contribution < 1.29 is 24.2 Å². The molecular weight excluding hydrogens is 346 g/mol. The van der Waals surface area contributed by atoms with Crippen LogP contribution in [0.1, 0.15) is 23.2 Å². The number of hydrogen-bond acceptors (Lipinski definition) is 4. The molecule has 0 saturated heterocycles. The Labute approximate surface area is 155 Å². The Bertz CT molecular complexity index is 973. The second-order valence-corrected chi connectivity index (χ2v) is 6.17. The van der Waals surface area contributed by atoms with E-state index in [4.69, 9.17) is 0 Å². The lowest BCUT2D eigenvalue weighted by Crippen LogP contribution is -2.41. The number of aliphatic carboxylic acids is 1. The molecule has 3 aromatic carbocycles. The van der Waals surface area contributed by atoms with Crippen LogP contribution in [-0.4, -0.2) is 36.1 Å². The second-order valence-electron chi connectivity index (χ2n) is 6.17. The van der Waals surface area contributed by atoms with Crippen molar-refractivity contribution in [2.45, 2.75) is 18.9 Å². The van der Waals surface area contributed by atoms with Gasteiger partial charge in [-0.15, -0.1) is 0 Å². The van der Waals surface area contributed by atoms with Crippen LogP contribution in [0.3, 0.4) is 0 Å². The standard InChI is InChI=1S/C21H19NO5/c1-27-18(23)11-10-17(21(25)26)22-20(24)19-15-8-4-2-6-13(15)12-14-7-3-5-9-16(14)19/h2-9,12,17H,10-11H2,1H3,(H,22,24)(H,25,26)/t17-/m1/s1. The predicted octanol–water partition coefficient (Wildman–Crippen LogP) is 3.13. The number of nitrogens with one attached hydrogen (secondary N) is 1. The van der Waals surface area contributed by atoms with Gasteiger partial charge in [0.2, 0.25) is 0 Å². The van der Waals surface area contributed by atoms with Gasteiger partial charge in [-0.25, -0.2) is 4.79 Å². The third-order valence-corrected chi connectivity index (χ3v) is 4.47. The molecule has 0 fully saturated rings. The van der Waals surface area contributed by atoms with Gasteiger partial charge in [0.05, 0.1) is 12.7 Å². The Balaban J connectivity index is 2.00. The molecule has 0 heterocycles. The molecule has 2 N–H and O–H groups in total. The summed E-state index contributed by atoms with van der Waals surface area (Å²) in [4.78, 5) is 35.9. The summed E-state index contributed by atoms with van der Waals surface area (Å²) in [7, 11) is 1.24. The van der Waals surface area contributed by atoms with E-state index in [-0.39, 0.29) is 12.8 Å². The number of ether oxygens (including phenoxy) is 1. The third-order valence-electron chi connectivity index (χ3n) is 4.47. The van der Waals surface area contributed by atoms with Gasteiger partial charge in [0.1, 0.15) is 6.04 Å². The number of rotatable bonds is 6. The highest BCUT2D eigenvalue weighted by Gasteiger charge is 2.24. The lowest BCUT2D eigenvalue weighted by molar-refractivity contribution is -0.142. The number of benzene rings is 3. The quantitative estimate of drug-likeness (QED) is 0.517. The van der Waals surface area contributed by atoms with Crippen molar-refractivity contribution in [3.63, 3.8) is 0 Å². The number of esters is 1. The van der Waals surface area contributed by atoms with Crippen LogP contribution in [0.25, 0.3) is 21.5 Å². The SMILES string of the molecule is COC(=O)CC[C@@H](NC(=O)c1c2ccccc2cc2ccccc12)C(=O)O. The molecule has 3 aromatic rings. The average Bonchev–Trinajstić information content (AvgIpc) is 2.68. The van der Waals surface area contributed by atoms with Gasteiger partial charge in [-0.05, 0) is 34.0 Å². The minimum absolute atomic E-state index is 0.0452. The topological polar surface area (TPSA) is 92.7 Å². The number of carbonyl (C=O) groups is 3. The van der Waals surface area contributed by atoms with Crippen LogP contribution in [0.2, 0.25) is 0 Å². The van der Waals surface area contributed by atoms with Crippen molar-refractivity contribution >= 4 is 39.4 Å². The molecule has 138 valence electrons. The van der Waals surface area contributed by atoms with Gasteiger partial charge in [-0.2, -0.15) is 0 Å². The number of hydrogen-bond donors (Lipinski definition) is 2. The first-order valence-corrected chi connectivity index (χ1v) is 8.52. The lowest BCUT2D eigenvalue weighted by Gasteiger charge is -2.16. The molecule has 0 bridgehead atoms. The maximum absolute atomic E-state index is 13.0. The number of carbonyl (C=O) groups excluding carboxylic acids is 2. The van der Waals surface area contributed by atoms with Crippen LogP contribution >= 0.6 is 0 Å². The van der Waals surface area contributed by atoms with Crippen molar-refractivity contribution in [1.29, 1.82) is 0 Å². The van der Waals surface area contributed by atoms with Gasteiger partial charge < -0.3 is 15.2 Å². The van der Waals surface area contributed by atoms with Gasteiger partial charge in [0.25, 0.3) is 5.91 Å². The summed E-state index contributed by atoms with van der Waals surface area (Å²) in [6.45, 7) is 0. The van der Waals surface area contributed by atoms with E-state index in [0.717, 1.165) is 21.5 Å². The molecular formula is C21H19NO5. The zero-order chi connectivity index (χ0) is 19.4. The summed E-state index contributed by atoms with van der Waals surface area (Å²) in [5.41, 5.74) is 0.424. The average molecular weight is 365 g/mol. The van der Waals surface area contributed by atoms with E-state index >= 15 is 0 Å². The fourth-order valence-electron chi connectivity index (χ4n) is 3.11. The van der Waals surface area contributed by atoms with Crippen molar-refractivity contribution in [3.05, 3.63) is 60.2 Å². The summed E-state index contributed by atoms with van der Waals surface area (Å²) in [5.74, 6) is -2.21. The van der Waals surface area contributed by atoms with Crippen LogP contribution in [0, 0.1) is 0 Å². The minimum atomic E-state index is -1.20. The van der Waals surface area contributed by atoms with Gasteiger partial charge >= 0.3 is 11.9 Å². The summed E-state index contributed by atoms with van der Waals surface area (Å²) >= 11 is 0. The molecule has 0 saturated carbocycles. The molecule has 0 spiro atoms. The Morgan fingerprint density at radius 2 is 1.56 bits per heavy atom. The van der Waals surface area contributed by atoms with E-state index in [0.29, 0.717) is 5.56 Å². The Hall–Kier alpha value is -3.41. The first-order chi connectivity index (χ1) is 13.0. The number of carboxylic acid groups (broad SMARTS) is 1. The normalized spacial score (nSPS) is 11.9. The largest absolute Gasteiger partial charge is 0.480 e. The van der Waals surface area contributed by atoms with Crippen molar-refractivity contribution in [3.8, 4) is 0 Å². The molecule has 1 atom stereocenters. The molecule has 0 radical (unpaired) electrons. The van der Waals surface area contributed by atoms with Gasteiger partial charge in [0.15, 0.2) is 0 Å². The van der Waals surface area contributed by atoms with Crippen molar-refractivity contribution in [1.82, 2.24) is 5.32 Å². The summed E-state index contributed by atoms with van der Waals surface area (Å²) in [6.07, 6.45) is -0.138. The maximum atomic E-state index is 13.0. The Morgan fingerprint density at radius 1 is 1.00 bits per heavy atom. The molecule has 1 amide bonds. The molecule has 0 aromatic heterocycles. The van der Waals surface area contributed by atoms with E-state index in [1.54, 1.807) is 0 Å². The zero-order valence-corrected chi connectivity index (χ0v) is 14.8. The highest BCUT2D eigenvalue weighted by molar-refractivity contribution is 6.18. The van der Waals surface area contributed by atoms with E-state index in [9.17, 15) is 19.5 Å². The van der Waals surface area contributed by atoms with Crippen molar-refractivity contribution in [2.24, 2.45) is 0 Å². The number of methoxy groups -OCH3 is 1. The van der Waals surface area contributed by atoms with Crippen LogP contribution in [0.15, 0.2) is 54.6 Å². The highest BCUT2D eigenvalue weighted by atomic mass is 16.5. The van der Waals surface area contributed by atoms with Gasteiger partial charge in [-0.1, -0.05) is 48.5 Å². The molecule has 0 unspecified atom stereocenters. The fraction of sp³-hybridized carbons (Fsp3) is 0.190. The number of amides is 1. The molecule has 3 rings (SSSR count). The highest BCUT2D eigenvalue weighted by Crippen LogP contribution is 2.28. The second kappa shape index (κ2) is 7.86. The van der Waals surface area contributed by atoms with Crippen LogP contribution < -0.4 is 5.32 Å². The molecule has 0 aliphatic heterocycles. The Morgan fingerprint density at radius 3 is 2.07 bits per heavy atom. The van der Waals surface area contributed by atoms with Crippen LogP contribution in [-0.2, 0) is 14.3 Å². The zero-order valence-electron chi connectivity index (χ0n) is 14.8. The van der Waals surface area contributed by atoms with E-state index < -0.39 is 23.9 Å². The summed E-state index contributed by atoms with van der Waals surface area (Å²) in [6, 6.07) is 15.7. The first-order valence-electron chi connectivity index (χ1n) is 8.52. The summed E-state index contributed by atoms with van der Waals surface area (Å²) in [5, 5.41) is 15.2. The van der Waals surface area contributed by atoms with E-state index in [1.807, 2.05) is 54.6 Å². The molecule has 0 aliphatic carbocycles. The Kier molecular flexibility index (Phi) is 5.35. The first kappa shape index (κ1) is 18.4. The predicted molar refractivity (Wildman–Crippen MR) is 102 cm³/mol. The van der Waals surface area contributed by atoms with E-state index in [1.165, 1.54) is 7.11 Å². The third kappa shape index (κ3) is 3.89. The molecule has 6 nitrogen and oxygen atoms in total. The van der Waals surface area contributed by atoms with Crippen molar-refractivity contribution in [2.75, 3.05) is 7.11 Å². The van der Waals surface area contributed by atoms with E-state index in [2.05, 4.69) is 10.1 Å². The fourth-order valence-corrected chi connectivity index (χ4v) is 3.11.